The summed E-state index contributed by atoms with van der Waals surface area (Å²) in [6.45, 7) is 6.36. The van der Waals surface area contributed by atoms with E-state index in [1.54, 1.807) is 24.4 Å². The molecule has 3 aromatic rings. The number of hydrogen-bond acceptors (Lipinski definition) is 9. The molecule has 1 aliphatic rings. The van der Waals surface area contributed by atoms with E-state index in [0.29, 0.717) is 43.4 Å². The van der Waals surface area contributed by atoms with Gasteiger partial charge in [-0.3, -0.25) is 0 Å². The third kappa shape index (κ3) is 4.41. The molecule has 0 aliphatic carbocycles. The van der Waals surface area contributed by atoms with E-state index in [2.05, 4.69) is 25.3 Å². The molecule has 1 aliphatic heterocycles. The molecule has 11 heteroatoms. The van der Waals surface area contributed by atoms with Crippen molar-refractivity contribution in [3.63, 3.8) is 0 Å². The number of amides is 1. The number of imidazole rings is 1. The molecule has 1 unspecified atom stereocenters. The van der Waals surface area contributed by atoms with Gasteiger partial charge in [-0.25, -0.2) is 29.7 Å². The Morgan fingerprint density at radius 3 is 2.77 bits per heavy atom. The van der Waals surface area contributed by atoms with Crippen LogP contribution in [0.25, 0.3) is 22.6 Å². The molecular weight excluding hydrogens is 400 g/mol. The zero-order valence-electron chi connectivity index (χ0n) is 17.9. The molecule has 3 aromatic heterocycles. The predicted octanol–water partition coefficient (Wildman–Crippen LogP) is 1.88. The lowest BCUT2D eigenvalue weighted by Gasteiger charge is -2.17. The monoisotopic (exact) mass is 426 g/mol. The first-order valence-electron chi connectivity index (χ1n) is 10.3. The minimum absolute atomic E-state index is 0.0472. The fourth-order valence-corrected chi connectivity index (χ4v) is 3.61. The first-order chi connectivity index (χ1) is 15.1. The number of rotatable bonds is 7. The highest BCUT2D eigenvalue weighted by atomic mass is 16.6. The van der Waals surface area contributed by atoms with Crippen molar-refractivity contribution in [1.82, 2.24) is 34.4 Å². The van der Waals surface area contributed by atoms with Crippen LogP contribution >= 0.6 is 0 Å². The van der Waals surface area contributed by atoms with Crippen molar-refractivity contribution in [1.29, 1.82) is 0 Å². The highest BCUT2D eigenvalue weighted by molar-refractivity contribution is 5.86. The molecule has 0 spiro atoms. The minimum atomic E-state index is -0.328. The van der Waals surface area contributed by atoms with Crippen LogP contribution in [0.3, 0.4) is 0 Å². The molecule has 4 rings (SSSR count). The highest BCUT2D eigenvalue weighted by Crippen LogP contribution is 2.27. The molecule has 0 radical (unpaired) electrons. The summed E-state index contributed by atoms with van der Waals surface area (Å²) in [5, 5.41) is 3.43. The van der Waals surface area contributed by atoms with Gasteiger partial charge < -0.3 is 24.3 Å². The van der Waals surface area contributed by atoms with Crippen LogP contribution in [-0.4, -0.2) is 79.9 Å². The molecule has 1 amide bonds. The first kappa shape index (κ1) is 20.9. The van der Waals surface area contributed by atoms with Crippen molar-refractivity contribution < 1.29 is 14.3 Å². The molecular formula is C20H26N8O3. The van der Waals surface area contributed by atoms with Crippen LogP contribution in [0.1, 0.15) is 19.2 Å². The number of carbonyl (C=O) groups excluding carboxylic acids is 1. The second-order valence-corrected chi connectivity index (χ2v) is 7.28. The Labute approximate surface area is 179 Å². The number of hydrogen-bond donors (Lipinski definition) is 1. The fraction of sp³-hybridized carbons (Fsp3) is 0.500. The zero-order valence-corrected chi connectivity index (χ0v) is 17.9. The van der Waals surface area contributed by atoms with Crippen LogP contribution in [0.2, 0.25) is 0 Å². The van der Waals surface area contributed by atoms with E-state index in [0.717, 1.165) is 23.5 Å². The summed E-state index contributed by atoms with van der Waals surface area (Å²) in [4.78, 5) is 36.1. The smallest absolute Gasteiger partial charge is 0.409 e. The van der Waals surface area contributed by atoms with Gasteiger partial charge in [-0.05, 0) is 20.3 Å². The largest absolute Gasteiger partial charge is 0.447 e. The van der Waals surface area contributed by atoms with Gasteiger partial charge in [0.05, 0.1) is 12.2 Å². The number of fused-ring (bicyclic) bond motifs is 1. The second-order valence-electron chi connectivity index (χ2n) is 7.28. The molecule has 0 bridgehead atoms. The van der Waals surface area contributed by atoms with E-state index in [9.17, 15) is 4.79 Å². The van der Waals surface area contributed by atoms with Crippen LogP contribution in [0.5, 0.6) is 0 Å². The number of nitrogens with zero attached hydrogens (tertiary/aromatic N) is 7. The van der Waals surface area contributed by atoms with Crippen molar-refractivity contribution in [2.45, 2.75) is 32.9 Å². The topological polar surface area (TPSA) is 120 Å². The van der Waals surface area contributed by atoms with Crippen molar-refractivity contribution in [2.24, 2.45) is 0 Å². The van der Waals surface area contributed by atoms with Gasteiger partial charge in [-0.1, -0.05) is 0 Å². The number of anilines is 1. The van der Waals surface area contributed by atoms with E-state index >= 15 is 0 Å². The first-order valence-corrected chi connectivity index (χ1v) is 10.3. The van der Waals surface area contributed by atoms with E-state index in [-0.39, 0.29) is 18.7 Å². The Hall–Kier alpha value is -3.34. The van der Waals surface area contributed by atoms with Crippen LogP contribution in [0.15, 0.2) is 18.7 Å². The van der Waals surface area contributed by atoms with Crippen LogP contribution in [0.4, 0.5) is 10.6 Å². The van der Waals surface area contributed by atoms with E-state index < -0.39 is 0 Å². The molecule has 31 heavy (non-hydrogen) atoms. The van der Waals surface area contributed by atoms with Gasteiger partial charge in [0.1, 0.15) is 24.6 Å². The number of likely N-dealkylation sites (tertiary alicyclic amines) is 1. The van der Waals surface area contributed by atoms with Crippen molar-refractivity contribution in [3.05, 3.63) is 24.5 Å². The number of carbonyl (C=O) groups is 1. The zero-order chi connectivity index (χ0) is 21.8. The van der Waals surface area contributed by atoms with E-state index in [4.69, 9.17) is 14.5 Å². The lowest BCUT2D eigenvalue weighted by molar-refractivity contribution is 0.0767. The maximum atomic E-state index is 12.2. The summed E-state index contributed by atoms with van der Waals surface area (Å²) in [6, 6.07) is 0.0472. The van der Waals surface area contributed by atoms with Gasteiger partial charge in [0.25, 0.3) is 0 Å². The second kappa shape index (κ2) is 9.21. The van der Waals surface area contributed by atoms with Crippen LogP contribution in [0, 0.1) is 6.92 Å². The molecule has 1 fully saturated rings. The van der Waals surface area contributed by atoms with Crippen molar-refractivity contribution in [2.75, 3.05) is 38.7 Å². The number of methoxy groups -OCH3 is 1. The van der Waals surface area contributed by atoms with E-state index in [1.807, 2.05) is 18.4 Å². The van der Waals surface area contributed by atoms with Gasteiger partial charge >= 0.3 is 6.09 Å². The molecule has 0 saturated carbocycles. The Kier molecular flexibility index (Phi) is 6.21. The normalized spacial score (nSPS) is 16.1. The van der Waals surface area contributed by atoms with Gasteiger partial charge in [0.15, 0.2) is 17.0 Å². The van der Waals surface area contributed by atoms with Gasteiger partial charge in [0.2, 0.25) is 0 Å². The molecule has 1 saturated heterocycles. The van der Waals surface area contributed by atoms with Crippen LogP contribution < -0.4 is 5.32 Å². The number of aromatic nitrogens is 6. The molecule has 1 atom stereocenters. The fourth-order valence-electron chi connectivity index (χ4n) is 3.61. The molecule has 164 valence electrons. The Bertz CT molecular complexity index is 1050. The van der Waals surface area contributed by atoms with E-state index in [1.165, 1.54) is 6.33 Å². The molecule has 11 nitrogen and oxygen atoms in total. The summed E-state index contributed by atoms with van der Waals surface area (Å²) >= 11 is 0. The Morgan fingerprint density at radius 2 is 2.03 bits per heavy atom. The third-order valence-electron chi connectivity index (χ3n) is 5.19. The average Bonchev–Trinajstić information content (AvgIpc) is 3.39. The van der Waals surface area contributed by atoms with Crippen molar-refractivity contribution >= 4 is 23.1 Å². The summed E-state index contributed by atoms with van der Waals surface area (Å²) in [6.07, 6.45) is 5.52. The minimum Gasteiger partial charge on any atom is -0.447 e. The number of aryl methyl sites for hydroxylation is 2. The predicted molar refractivity (Wildman–Crippen MR) is 114 cm³/mol. The lowest BCUT2D eigenvalue weighted by Crippen LogP contribution is -2.32. The SMILES string of the molecule is CCn1c(-c2cnc(C)nc2)nc2c(NC3CCN(C(=O)OCCOC)C3)ncnc21. The van der Waals surface area contributed by atoms with Gasteiger partial charge in [-0.2, -0.15) is 0 Å². The third-order valence-corrected chi connectivity index (χ3v) is 5.19. The van der Waals surface area contributed by atoms with Gasteiger partial charge in [-0.15, -0.1) is 0 Å². The maximum Gasteiger partial charge on any atom is 0.409 e. The van der Waals surface area contributed by atoms with Crippen molar-refractivity contribution in [3.8, 4) is 11.4 Å². The maximum absolute atomic E-state index is 12.2. The number of nitrogens with one attached hydrogen (secondary N) is 1. The summed E-state index contributed by atoms with van der Waals surface area (Å²) in [7, 11) is 1.57. The molecule has 4 heterocycles. The summed E-state index contributed by atoms with van der Waals surface area (Å²) in [5.41, 5.74) is 2.24. The highest BCUT2D eigenvalue weighted by Gasteiger charge is 2.28. The molecule has 0 aromatic carbocycles. The summed E-state index contributed by atoms with van der Waals surface area (Å²) < 4.78 is 12.1. The van der Waals surface area contributed by atoms with Gasteiger partial charge in [0, 0.05) is 45.2 Å². The van der Waals surface area contributed by atoms with Crippen LogP contribution in [-0.2, 0) is 16.0 Å². The molecule has 1 N–H and O–H groups in total. The lowest BCUT2D eigenvalue weighted by atomic mass is 10.2. The number of ether oxygens (including phenoxy) is 2. The average molecular weight is 426 g/mol. The Morgan fingerprint density at radius 1 is 1.23 bits per heavy atom. The quantitative estimate of drug-likeness (QED) is 0.565. The Balaban J connectivity index is 1.54. The summed E-state index contributed by atoms with van der Waals surface area (Å²) in [5.74, 6) is 2.10. The standard InChI is InChI=1S/C20H26N8O3/c1-4-28-18(14-9-21-13(2)22-10-14)26-16-17(23-12-24-19(16)28)25-15-5-6-27(11-15)20(29)31-8-7-30-3/h9-10,12,15H,4-8,11H2,1-3H3,(H,23,24,25).